The topological polar surface area (TPSA) is 59.5 Å². The molecule has 0 saturated heterocycles. The van der Waals surface area contributed by atoms with E-state index in [-0.39, 0.29) is 11.6 Å². The van der Waals surface area contributed by atoms with Crippen molar-refractivity contribution in [3.63, 3.8) is 0 Å². The van der Waals surface area contributed by atoms with Crippen LogP contribution in [0.25, 0.3) is 10.6 Å². The molecule has 3 aromatic rings. The van der Waals surface area contributed by atoms with Crippen LogP contribution in [-0.2, 0) is 16.0 Å². The zero-order valence-corrected chi connectivity index (χ0v) is 17.6. The first kappa shape index (κ1) is 20.7. The highest BCUT2D eigenvalue weighted by Crippen LogP contribution is 2.25. The first-order valence-corrected chi connectivity index (χ1v) is 10.5. The van der Waals surface area contributed by atoms with Crippen molar-refractivity contribution in [2.75, 3.05) is 11.4 Å². The lowest BCUT2D eigenvalue weighted by atomic mass is 10.1. The van der Waals surface area contributed by atoms with Gasteiger partial charge in [0.15, 0.2) is 11.8 Å². The molecule has 29 heavy (non-hydrogen) atoms. The van der Waals surface area contributed by atoms with Crippen LogP contribution >= 0.6 is 11.3 Å². The molecule has 0 radical (unpaired) electrons. The molecule has 0 unspecified atom stereocenters. The predicted molar refractivity (Wildman–Crippen MR) is 116 cm³/mol. The molecule has 0 aliphatic rings. The summed E-state index contributed by atoms with van der Waals surface area (Å²) in [6, 6.07) is 17.4. The molecule has 1 heterocycles. The average Bonchev–Trinajstić information content (AvgIpc) is 3.25. The number of aryl methyl sites for hydroxylation is 1. The van der Waals surface area contributed by atoms with Gasteiger partial charge in [-0.2, -0.15) is 0 Å². The summed E-state index contributed by atoms with van der Waals surface area (Å²) in [7, 11) is 0. The third-order valence-electron chi connectivity index (χ3n) is 4.60. The lowest BCUT2D eigenvalue weighted by molar-refractivity contribution is -0.126. The number of hydrogen-bond acceptors (Lipinski definition) is 5. The Morgan fingerprint density at radius 3 is 2.38 bits per heavy atom. The third kappa shape index (κ3) is 4.90. The van der Waals surface area contributed by atoms with Crippen LogP contribution in [0.3, 0.4) is 0 Å². The van der Waals surface area contributed by atoms with Gasteiger partial charge in [0.25, 0.3) is 5.91 Å². The number of aromatic nitrogens is 1. The number of rotatable bonds is 7. The summed E-state index contributed by atoms with van der Waals surface area (Å²) in [5.41, 5.74) is 3.19. The summed E-state index contributed by atoms with van der Waals surface area (Å²) in [6.07, 6.45) is 0.0657. The van der Waals surface area contributed by atoms with E-state index in [9.17, 15) is 9.59 Å². The highest BCUT2D eigenvalue weighted by atomic mass is 32.1. The molecule has 0 N–H and O–H groups in total. The molecular weight excluding hydrogens is 384 g/mol. The van der Waals surface area contributed by atoms with Gasteiger partial charge < -0.3 is 9.64 Å². The van der Waals surface area contributed by atoms with E-state index in [0.717, 1.165) is 22.7 Å². The highest BCUT2D eigenvalue weighted by molar-refractivity contribution is 7.13. The number of carbonyl (C=O) groups is 2. The quantitative estimate of drug-likeness (QED) is 0.518. The Kier molecular flexibility index (Phi) is 6.77. The maximum absolute atomic E-state index is 12.8. The van der Waals surface area contributed by atoms with Crippen molar-refractivity contribution < 1.29 is 14.3 Å². The minimum atomic E-state index is -0.906. The molecule has 0 saturated carbocycles. The van der Waals surface area contributed by atoms with Gasteiger partial charge in [-0.15, -0.1) is 11.3 Å². The molecule has 150 valence electrons. The lowest BCUT2D eigenvalue weighted by Gasteiger charge is -2.24. The van der Waals surface area contributed by atoms with Crippen molar-refractivity contribution in [2.45, 2.75) is 33.3 Å². The van der Waals surface area contributed by atoms with Gasteiger partial charge in [-0.25, -0.2) is 9.78 Å². The predicted octanol–water partition coefficient (Wildman–Crippen LogP) is 4.97. The van der Waals surface area contributed by atoms with Crippen LogP contribution in [-0.4, -0.2) is 29.5 Å². The lowest BCUT2D eigenvalue weighted by Crippen LogP contribution is -2.40. The van der Waals surface area contributed by atoms with E-state index in [1.54, 1.807) is 17.2 Å². The van der Waals surface area contributed by atoms with Gasteiger partial charge in [-0.1, -0.05) is 49.4 Å². The summed E-state index contributed by atoms with van der Waals surface area (Å²) in [4.78, 5) is 31.3. The number of thiazole rings is 1. The SMILES string of the molecule is CCc1ccc(-c2nc(C(=O)O[C@@H](C)C(=O)N(CC)c3ccccc3)cs2)cc1. The largest absolute Gasteiger partial charge is 0.448 e. The first-order chi connectivity index (χ1) is 14.0. The zero-order chi connectivity index (χ0) is 20.8. The van der Waals surface area contributed by atoms with E-state index >= 15 is 0 Å². The Bertz CT molecular complexity index is 967. The van der Waals surface area contributed by atoms with Gasteiger partial charge in [0.2, 0.25) is 0 Å². The number of benzene rings is 2. The Labute approximate surface area is 175 Å². The minimum absolute atomic E-state index is 0.215. The van der Waals surface area contributed by atoms with Gasteiger partial charge in [0, 0.05) is 23.2 Å². The van der Waals surface area contributed by atoms with Gasteiger partial charge in [-0.05, 0) is 38.0 Å². The summed E-state index contributed by atoms with van der Waals surface area (Å²) in [6.45, 7) is 6.06. The number of amides is 1. The van der Waals surface area contributed by atoms with E-state index in [4.69, 9.17) is 4.74 Å². The fraction of sp³-hybridized carbons (Fsp3) is 0.261. The maximum Gasteiger partial charge on any atom is 0.358 e. The molecule has 1 aromatic heterocycles. The Morgan fingerprint density at radius 1 is 1.07 bits per heavy atom. The number of para-hydroxylation sites is 1. The molecule has 1 amide bonds. The normalized spacial score (nSPS) is 11.7. The number of nitrogens with zero attached hydrogens (tertiary/aromatic N) is 2. The van der Waals surface area contributed by atoms with Crippen molar-refractivity contribution in [1.29, 1.82) is 0 Å². The zero-order valence-electron chi connectivity index (χ0n) is 16.8. The molecule has 1 atom stereocenters. The fourth-order valence-electron chi connectivity index (χ4n) is 2.95. The van der Waals surface area contributed by atoms with E-state index in [0.29, 0.717) is 6.54 Å². The summed E-state index contributed by atoms with van der Waals surface area (Å²) in [5, 5.41) is 2.41. The smallest absolute Gasteiger partial charge is 0.358 e. The molecule has 3 rings (SSSR count). The number of hydrogen-bond donors (Lipinski definition) is 0. The van der Waals surface area contributed by atoms with Crippen LogP contribution < -0.4 is 4.90 Å². The Morgan fingerprint density at radius 2 is 1.76 bits per heavy atom. The van der Waals surface area contributed by atoms with Crippen molar-refractivity contribution in [2.24, 2.45) is 0 Å². The third-order valence-corrected chi connectivity index (χ3v) is 5.50. The van der Waals surface area contributed by atoms with Crippen molar-refractivity contribution in [1.82, 2.24) is 4.98 Å². The van der Waals surface area contributed by atoms with E-state index < -0.39 is 12.1 Å². The number of anilines is 1. The average molecular weight is 409 g/mol. The van der Waals surface area contributed by atoms with Gasteiger partial charge in [0.1, 0.15) is 5.01 Å². The monoisotopic (exact) mass is 408 g/mol. The molecule has 0 fully saturated rings. The molecule has 0 bridgehead atoms. The summed E-state index contributed by atoms with van der Waals surface area (Å²) >= 11 is 1.38. The number of esters is 1. The number of ether oxygens (including phenoxy) is 1. The fourth-order valence-corrected chi connectivity index (χ4v) is 3.74. The van der Waals surface area contributed by atoms with E-state index in [2.05, 4.69) is 24.0 Å². The van der Waals surface area contributed by atoms with Gasteiger partial charge in [-0.3, -0.25) is 4.79 Å². The highest BCUT2D eigenvalue weighted by Gasteiger charge is 2.25. The maximum atomic E-state index is 12.8. The number of likely N-dealkylation sites (N-methyl/N-ethyl adjacent to an activating group) is 1. The van der Waals surface area contributed by atoms with Crippen LogP contribution in [0, 0.1) is 0 Å². The van der Waals surface area contributed by atoms with Crippen LogP contribution in [0.5, 0.6) is 0 Å². The van der Waals surface area contributed by atoms with Gasteiger partial charge >= 0.3 is 5.97 Å². The second-order valence-electron chi connectivity index (χ2n) is 6.55. The van der Waals surface area contributed by atoms with Crippen LogP contribution in [0.15, 0.2) is 60.0 Å². The standard InChI is InChI=1S/C23H24N2O3S/c1-4-17-11-13-18(14-12-17)21-24-20(15-29-21)23(27)28-16(3)22(26)25(5-2)19-9-7-6-8-10-19/h6-16H,4-5H2,1-3H3/t16-/m0/s1. The van der Waals surface area contributed by atoms with Crippen LogP contribution in [0.4, 0.5) is 5.69 Å². The second kappa shape index (κ2) is 9.47. The van der Waals surface area contributed by atoms with E-state index in [1.807, 2.05) is 49.4 Å². The van der Waals surface area contributed by atoms with Crippen molar-refractivity contribution >= 4 is 28.9 Å². The van der Waals surface area contributed by atoms with E-state index in [1.165, 1.54) is 16.9 Å². The van der Waals surface area contributed by atoms with Crippen LogP contribution in [0.2, 0.25) is 0 Å². The second-order valence-corrected chi connectivity index (χ2v) is 7.41. The molecule has 5 nitrogen and oxygen atoms in total. The van der Waals surface area contributed by atoms with Crippen LogP contribution in [0.1, 0.15) is 36.8 Å². The number of carbonyl (C=O) groups excluding carboxylic acids is 2. The molecule has 0 spiro atoms. The Balaban J connectivity index is 1.68. The molecule has 0 aliphatic heterocycles. The summed E-state index contributed by atoms with van der Waals surface area (Å²) in [5.74, 6) is -0.861. The van der Waals surface area contributed by atoms with Crippen molar-refractivity contribution in [3.8, 4) is 10.6 Å². The molecule has 0 aliphatic carbocycles. The van der Waals surface area contributed by atoms with Gasteiger partial charge in [0.05, 0.1) is 0 Å². The Hall–Kier alpha value is -2.99. The first-order valence-electron chi connectivity index (χ1n) is 9.65. The summed E-state index contributed by atoms with van der Waals surface area (Å²) < 4.78 is 5.40. The van der Waals surface area contributed by atoms with Crippen molar-refractivity contribution in [3.05, 3.63) is 71.2 Å². The molecule has 6 heteroatoms. The minimum Gasteiger partial charge on any atom is -0.448 e. The molecule has 2 aromatic carbocycles. The molecular formula is C23H24N2O3S.